The smallest absolute Gasteiger partial charge is 0.261 e. The summed E-state index contributed by atoms with van der Waals surface area (Å²) in [4.78, 5) is 41.0. The molecule has 1 aliphatic rings. The molecule has 0 radical (unpaired) electrons. The fourth-order valence-electron chi connectivity index (χ4n) is 3.35. The van der Waals surface area contributed by atoms with Crippen LogP contribution in [0.2, 0.25) is 0 Å². The molecular weight excluding hydrogens is 394 g/mol. The van der Waals surface area contributed by atoms with Crippen LogP contribution in [0.1, 0.15) is 41.5 Å². The van der Waals surface area contributed by atoms with Gasteiger partial charge in [-0.25, -0.2) is 13.8 Å². The molecule has 1 saturated carbocycles. The average molecular weight is 412 g/mol. The molecule has 1 aromatic heterocycles. The predicted octanol–water partition coefficient (Wildman–Crippen LogP) is 2.68. The van der Waals surface area contributed by atoms with Crippen LogP contribution in [-0.2, 0) is 11.2 Å². The lowest BCUT2D eigenvalue weighted by Gasteiger charge is -2.13. The predicted molar refractivity (Wildman–Crippen MR) is 106 cm³/mol. The summed E-state index contributed by atoms with van der Waals surface area (Å²) in [5, 5.41) is 2.83. The van der Waals surface area contributed by atoms with Gasteiger partial charge in [-0.2, -0.15) is 0 Å². The largest absolute Gasteiger partial charge is 0.366 e. The van der Waals surface area contributed by atoms with E-state index in [1.54, 1.807) is 28.8 Å². The Labute approximate surface area is 169 Å². The van der Waals surface area contributed by atoms with E-state index in [-0.39, 0.29) is 30.1 Å². The number of hydrogen-bond acceptors (Lipinski definition) is 4. The summed E-state index contributed by atoms with van der Waals surface area (Å²) in [6.45, 7) is 0. The maximum atomic E-state index is 14.0. The van der Waals surface area contributed by atoms with Gasteiger partial charge in [0, 0.05) is 24.9 Å². The zero-order valence-corrected chi connectivity index (χ0v) is 15.8. The molecule has 0 unspecified atom stereocenters. The number of nitrogens with zero attached hydrogens (tertiary/aromatic N) is 2. The molecule has 1 fully saturated rings. The highest BCUT2D eigenvalue weighted by molar-refractivity contribution is 5.96. The highest BCUT2D eigenvalue weighted by Crippen LogP contribution is 2.35. The molecule has 0 spiro atoms. The zero-order chi connectivity index (χ0) is 21.4. The number of carbonyl (C=O) groups excluding carboxylic acids is 2. The number of amides is 2. The van der Waals surface area contributed by atoms with Crippen molar-refractivity contribution in [3.05, 3.63) is 69.8 Å². The number of benzene rings is 2. The molecule has 3 N–H and O–H groups in total. The van der Waals surface area contributed by atoms with Crippen molar-refractivity contribution in [1.82, 2.24) is 9.55 Å². The molecule has 1 heterocycles. The van der Waals surface area contributed by atoms with Gasteiger partial charge in [-0.3, -0.25) is 19.0 Å². The summed E-state index contributed by atoms with van der Waals surface area (Å²) in [6, 6.07) is 8.42. The number of hydrogen-bond donors (Lipinski definition) is 2. The van der Waals surface area contributed by atoms with Gasteiger partial charge in [-0.15, -0.1) is 0 Å². The van der Waals surface area contributed by atoms with Crippen molar-refractivity contribution in [2.24, 2.45) is 5.73 Å². The first-order chi connectivity index (χ1) is 14.3. The number of anilines is 1. The van der Waals surface area contributed by atoms with E-state index in [9.17, 15) is 23.2 Å². The Morgan fingerprint density at radius 1 is 1.17 bits per heavy atom. The monoisotopic (exact) mass is 412 g/mol. The van der Waals surface area contributed by atoms with Crippen LogP contribution in [0.4, 0.5) is 14.5 Å². The lowest BCUT2D eigenvalue weighted by Crippen LogP contribution is -2.25. The molecule has 154 valence electrons. The molecule has 30 heavy (non-hydrogen) atoms. The number of aromatic nitrogens is 2. The van der Waals surface area contributed by atoms with E-state index >= 15 is 0 Å². The minimum atomic E-state index is -1.10. The summed E-state index contributed by atoms with van der Waals surface area (Å²) < 4.78 is 29.2. The lowest BCUT2D eigenvalue weighted by atomic mass is 10.1. The average Bonchev–Trinajstić information content (AvgIpc) is 3.53. The second-order valence-corrected chi connectivity index (χ2v) is 7.18. The number of para-hydroxylation sites is 1. The maximum Gasteiger partial charge on any atom is 0.261 e. The number of carbonyl (C=O) groups is 2. The van der Waals surface area contributed by atoms with Crippen molar-refractivity contribution in [3.8, 4) is 0 Å². The Morgan fingerprint density at radius 3 is 2.60 bits per heavy atom. The molecule has 3 aromatic rings. The third-order valence-electron chi connectivity index (χ3n) is 4.96. The van der Waals surface area contributed by atoms with Gasteiger partial charge in [0.05, 0.1) is 22.2 Å². The molecule has 0 aliphatic heterocycles. The molecule has 4 rings (SSSR count). The topological polar surface area (TPSA) is 107 Å². The Bertz CT molecular complexity index is 1230. The molecule has 0 atom stereocenters. The van der Waals surface area contributed by atoms with Crippen LogP contribution in [0.5, 0.6) is 0 Å². The van der Waals surface area contributed by atoms with Crippen molar-refractivity contribution in [1.29, 1.82) is 0 Å². The van der Waals surface area contributed by atoms with E-state index in [1.807, 2.05) is 0 Å². The number of nitrogens with one attached hydrogen (secondary N) is 1. The van der Waals surface area contributed by atoms with Crippen molar-refractivity contribution in [2.45, 2.75) is 31.7 Å². The van der Waals surface area contributed by atoms with Gasteiger partial charge in [-0.05, 0) is 31.0 Å². The first-order valence-electron chi connectivity index (χ1n) is 9.44. The molecule has 2 aromatic carbocycles. The zero-order valence-electron chi connectivity index (χ0n) is 15.8. The van der Waals surface area contributed by atoms with E-state index in [0.29, 0.717) is 22.8 Å². The number of fused-ring (bicyclic) bond motifs is 1. The van der Waals surface area contributed by atoms with E-state index in [4.69, 9.17) is 5.73 Å². The van der Waals surface area contributed by atoms with Crippen LogP contribution in [-0.4, -0.2) is 21.4 Å². The second-order valence-electron chi connectivity index (χ2n) is 7.18. The molecule has 1 aliphatic carbocycles. The normalized spacial score (nSPS) is 13.4. The second kappa shape index (κ2) is 7.66. The highest BCUT2D eigenvalue weighted by Gasteiger charge is 2.28. The van der Waals surface area contributed by atoms with E-state index < -0.39 is 29.0 Å². The van der Waals surface area contributed by atoms with Gasteiger partial charge in [0.1, 0.15) is 17.5 Å². The summed E-state index contributed by atoms with van der Waals surface area (Å²) in [7, 11) is 0. The number of primary amides is 1. The van der Waals surface area contributed by atoms with Gasteiger partial charge in [0.2, 0.25) is 5.91 Å². The van der Waals surface area contributed by atoms with Gasteiger partial charge in [0.25, 0.3) is 11.5 Å². The van der Waals surface area contributed by atoms with Crippen LogP contribution in [0, 0.1) is 11.6 Å². The number of halogens is 2. The molecule has 7 nitrogen and oxygen atoms in total. The van der Waals surface area contributed by atoms with E-state index in [1.165, 1.54) is 0 Å². The lowest BCUT2D eigenvalue weighted by molar-refractivity contribution is -0.116. The van der Waals surface area contributed by atoms with E-state index in [2.05, 4.69) is 10.3 Å². The van der Waals surface area contributed by atoms with Crippen LogP contribution in [0.3, 0.4) is 0 Å². The summed E-state index contributed by atoms with van der Waals surface area (Å²) in [6.07, 6.45) is 1.82. The fourth-order valence-corrected chi connectivity index (χ4v) is 3.35. The summed E-state index contributed by atoms with van der Waals surface area (Å²) in [5.74, 6) is -3.29. The van der Waals surface area contributed by atoms with Crippen molar-refractivity contribution < 1.29 is 18.4 Å². The third-order valence-corrected chi connectivity index (χ3v) is 4.96. The summed E-state index contributed by atoms with van der Waals surface area (Å²) >= 11 is 0. The van der Waals surface area contributed by atoms with Gasteiger partial charge >= 0.3 is 0 Å². The van der Waals surface area contributed by atoms with Crippen LogP contribution in [0.15, 0.2) is 41.2 Å². The number of nitrogens with two attached hydrogens (primary N) is 1. The van der Waals surface area contributed by atoms with Crippen molar-refractivity contribution in [3.63, 3.8) is 0 Å². The third kappa shape index (κ3) is 3.78. The van der Waals surface area contributed by atoms with Crippen LogP contribution < -0.4 is 16.6 Å². The minimum Gasteiger partial charge on any atom is -0.366 e. The quantitative estimate of drug-likeness (QED) is 0.649. The SMILES string of the molecule is NC(=O)c1cc(NC(=O)CCc2nc3ccccc3c(=O)n2C2CC2)c(F)cc1F. The molecule has 0 saturated heterocycles. The van der Waals surface area contributed by atoms with Gasteiger partial charge in [-0.1, -0.05) is 12.1 Å². The Hall–Kier alpha value is -3.62. The fraction of sp³-hybridized carbons (Fsp3) is 0.238. The Kier molecular flexibility index (Phi) is 5.03. The Balaban J connectivity index is 1.56. The minimum absolute atomic E-state index is 0.0698. The molecular formula is C21H18F2N4O3. The van der Waals surface area contributed by atoms with Gasteiger partial charge in [0.15, 0.2) is 0 Å². The highest BCUT2D eigenvalue weighted by atomic mass is 19.1. The number of aryl methyl sites for hydroxylation is 1. The van der Waals surface area contributed by atoms with Crippen LogP contribution >= 0.6 is 0 Å². The first-order valence-corrected chi connectivity index (χ1v) is 9.44. The Morgan fingerprint density at radius 2 is 1.90 bits per heavy atom. The summed E-state index contributed by atoms with van der Waals surface area (Å²) in [5.41, 5.74) is 4.59. The van der Waals surface area contributed by atoms with Crippen molar-refractivity contribution >= 4 is 28.4 Å². The number of rotatable bonds is 6. The van der Waals surface area contributed by atoms with Crippen molar-refractivity contribution in [2.75, 3.05) is 5.32 Å². The van der Waals surface area contributed by atoms with Gasteiger partial charge < -0.3 is 11.1 Å². The van der Waals surface area contributed by atoms with Crippen LogP contribution in [0.25, 0.3) is 10.9 Å². The van der Waals surface area contributed by atoms with E-state index in [0.717, 1.165) is 18.9 Å². The molecule has 2 amide bonds. The standard InChI is InChI=1S/C21H18F2N4O3/c22-14-10-15(23)17(9-13(14)20(24)29)26-19(28)8-7-18-25-16-4-2-1-3-12(16)21(30)27(18)11-5-6-11/h1-4,9-11H,5-8H2,(H2,24,29)(H,26,28). The first kappa shape index (κ1) is 19.7. The molecule has 9 heteroatoms. The molecule has 0 bridgehead atoms. The maximum absolute atomic E-state index is 14.0.